The summed E-state index contributed by atoms with van der Waals surface area (Å²) in [5.41, 5.74) is -3.05. The van der Waals surface area contributed by atoms with E-state index in [0.717, 1.165) is 12.8 Å². The van der Waals surface area contributed by atoms with Crippen LogP contribution in [-0.4, -0.2) is 56.4 Å². The molecule has 6 nitrogen and oxygen atoms in total. The molecule has 0 heterocycles. The van der Waals surface area contributed by atoms with Crippen LogP contribution in [0.3, 0.4) is 0 Å². The molecule has 27 heavy (non-hydrogen) atoms. The molecule has 0 saturated heterocycles. The van der Waals surface area contributed by atoms with Crippen LogP contribution < -0.4 is 0 Å². The predicted molar refractivity (Wildman–Crippen MR) is 96.6 cm³/mol. The van der Waals surface area contributed by atoms with Gasteiger partial charge in [-0.2, -0.15) is 0 Å². The Hall–Kier alpha value is -0.820. The van der Waals surface area contributed by atoms with E-state index in [4.69, 9.17) is 0 Å². The molecule has 0 aliphatic heterocycles. The number of aliphatic hydroxyl groups is 4. The van der Waals surface area contributed by atoms with Gasteiger partial charge in [0, 0.05) is 23.2 Å². The van der Waals surface area contributed by atoms with E-state index in [1.54, 1.807) is 0 Å². The molecule has 0 unspecified atom stereocenters. The lowest BCUT2D eigenvalue weighted by molar-refractivity contribution is -0.197. The summed E-state index contributed by atoms with van der Waals surface area (Å²) in [6.07, 6.45) is 2.41. The van der Waals surface area contributed by atoms with Crippen LogP contribution in [0.5, 0.6) is 0 Å². The zero-order chi connectivity index (χ0) is 19.8. The molecule has 4 rings (SSSR count). The van der Waals surface area contributed by atoms with Crippen molar-refractivity contribution in [2.24, 2.45) is 34.5 Å². The van der Waals surface area contributed by atoms with E-state index in [1.165, 1.54) is 0 Å². The second-order valence-electron chi connectivity index (χ2n) is 10.1. The standard InChI is InChI=1S/C21H32O6/c1-19-9-15(24)18-13(14(19)5-6-21(19,27)17(26)10-22)4-3-11-7-12(23)8-16(25)20(11,18)2/h11-14,16,18,22-23,25,27H,3-10H2,1-2H3/t11-,12+,13+,14+,16-,18-,19+,20-,21+/m1/s1. The number of ketones is 2. The first-order chi connectivity index (χ1) is 12.6. The largest absolute Gasteiger partial charge is 0.393 e. The number of hydrogen-bond acceptors (Lipinski definition) is 6. The summed E-state index contributed by atoms with van der Waals surface area (Å²) in [5.74, 6) is -0.680. The predicted octanol–water partition coefficient (Wildman–Crippen LogP) is 0.832. The first kappa shape index (κ1) is 19.5. The molecule has 152 valence electrons. The molecule has 0 bridgehead atoms. The Morgan fingerprint density at radius 1 is 1.15 bits per heavy atom. The van der Waals surface area contributed by atoms with Gasteiger partial charge in [0.1, 0.15) is 18.0 Å². The number of carbonyl (C=O) groups is 2. The average Bonchev–Trinajstić information content (AvgIpc) is 2.87. The Morgan fingerprint density at radius 3 is 2.52 bits per heavy atom. The summed E-state index contributed by atoms with van der Waals surface area (Å²) >= 11 is 0. The Bertz CT molecular complexity index is 663. The summed E-state index contributed by atoms with van der Waals surface area (Å²) in [6.45, 7) is 3.13. The van der Waals surface area contributed by atoms with Crippen molar-refractivity contribution in [3.63, 3.8) is 0 Å². The summed E-state index contributed by atoms with van der Waals surface area (Å²) in [6, 6.07) is 0. The quantitative estimate of drug-likeness (QED) is 0.564. The molecule has 4 fully saturated rings. The van der Waals surface area contributed by atoms with Gasteiger partial charge in [0.15, 0.2) is 5.78 Å². The molecule has 0 aromatic heterocycles. The summed E-state index contributed by atoms with van der Waals surface area (Å²) in [4.78, 5) is 25.8. The molecule has 0 aromatic carbocycles. The minimum Gasteiger partial charge on any atom is -0.393 e. The SMILES string of the molecule is C[C@]12[C@H](CC[C@@H]3[C@@H]1C(=O)C[C@@]1(C)[C@H]3CC[C@]1(O)C(=O)CO)C[C@H](O)C[C@H]2O. The third kappa shape index (κ3) is 2.33. The van der Waals surface area contributed by atoms with Crippen molar-refractivity contribution >= 4 is 11.6 Å². The maximum Gasteiger partial charge on any atom is 0.190 e. The number of carbonyl (C=O) groups excluding carboxylic acids is 2. The van der Waals surface area contributed by atoms with Gasteiger partial charge < -0.3 is 20.4 Å². The molecule has 4 aliphatic rings. The van der Waals surface area contributed by atoms with Crippen LogP contribution in [0.1, 0.15) is 58.8 Å². The van der Waals surface area contributed by atoms with E-state index < -0.39 is 41.0 Å². The van der Waals surface area contributed by atoms with Crippen LogP contribution >= 0.6 is 0 Å². The van der Waals surface area contributed by atoms with Gasteiger partial charge in [-0.25, -0.2) is 0 Å². The van der Waals surface area contributed by atoms with Crippen LogP contribution in [0.4, 0.5) is 0 Å². The van der Waals surface area contributed by atoms with Gasteiger partial charge in [-0.05, 0) is 56.3 Å². The van der Waals surface area contributed by atoms with Crippen molar-refractivity contribution in [1.82, 2.24) is 0 Å². The summed E-state index contributed by atoms with van der Waals surface area (Å²) in [7, 11) is 0. The third-order valence-electron chi connectivity index (χ3n) is 9.19. The van der Waals surface area contributed by atoms with Gasteiger partial charge in [0.05, 0.1) is 12.2 Å². The fourth-order valence-corrected chi connectivity index (χ4v) is 7.69. The maximum absolute atomic E-state index is 13.4. The first-order valence-electron chi connectivity index (χ1n) is 10.3. The van der Waals surface area contributed by atoms with Crippen molar-refractivity contribution in [2.45, 2.75) is 76.6 Å². The highest BCUT2D eigenvalue weighted by molar-refractivity contribution is 5.92. The van der Waals surface area contributed by atoms with Gasteiger partial charge in [0.25, 0.3) is 0 Å². The molecule has 4 aliphatic carbocycles. The van der Waals surface area contributed by atoms with E-state index in [2.05, 4.69) is 0 Å². The number of aliphatic hydroxyl groups excluding tert-OH is 3. The lowest BCUT2D eigenvalue weighted by atomic mass is 9.43. The van der Waals surface area contributed by atoms with Crippen LogP contribution in [0.25, 0.3) is 0 Å². The van der Waals surface area contributed by atoms with Gasteiger partial charge in [-0.3, -0.25) is 9.59 Å². The topological polar surface area (TPSA) is 115 Å². The molecule has 4 N–H and O–H groups in total. The minimum absolute atomic E-state index is 0.0208. The number of Topliss-reactive ketones (excluding diaryl/α,β-unsaturated/α-hetero) is 2. The molecule has 0 amide bonds. The third-order valence-corrected chi connectivity index (χ3v) is 9.19. The van der Waals surface area contributed by atoms with Crippen molar-refractivity contribution in [1.29, 1.82) is 0 Å². The second-order valence-corrected chi connectivity index (χ2v) is 10.1. The highest BCUT2D eigenvalue weighted by Gasteiger charge is 2.69. The number of rotatable bonds is 2. The highest BCUT2D eigenvalue weighted by atomic mass is 16.3. The van der Waals surface area contributed by atoms with Gasteiger partial charge in [-0.1, -0.05) is 13.8 Å². The summed E-state index contributed by atoms with van der Waals surface area (Å²) < 4.78 is 0. The van der Waals surface area contributed by atoms with Gasteiger partial charge in [0.2, 0.25) is 0 Å². The van der Waals surface area contributed by atoms with E-state index >= 15 is 0 Å². The smallest absolute Gasteiger partial charge is 0.190 e. The van der Waals surface area contributed by atoms with Crippen molar-refractivity contribution in [2.75, 3.05) is 6.61 Å². The van der Waals surface area contributed by atoms with Crippen molar-refractivity contribution in [3.8, 4) is 0 Å². The Kier molecular flexibility index (Phi) is 4.39. The normalized spacial score (nSPS) is 54.8. The summed E-state index contributed by atoms with van der Waals surface area (Å²) in [5, 5.41) is 41.5. The molecule has 6 heteroatoms. The zero-order valence-corrected chi connectivity index (χ0v) is 16.2. The van der Waals surface area contributed by atoms with Crippen LogP contribution in [0, 0.1) is 34.5 Å². The molecular weight excluding hydrogens is 348 g/mol. The van der Waals surface area contributed by atoms with Crippen LogP contribution in [0.2, 0.25) is 0 Å². The number of hydrogen-bond donors (Lipinski definition) is 4. The monoisotopic (exact) mass is 380 g/mol. The minimum atomic E-state index is -1.65. The van der Waals surface area contributed by atoms with E-state index in [-0.39, 0.29) is 42.3 Å². The Morgan fingerprint density at radius 2 is 1.85 bits per heavy atom. The Balaban J connectivity index is 1.73. The fourth-order valence-electron chi connectivity index (χ4n) is 7.69. The molecule has 4 saturated carbocycles. The molecule has 0 spiro atoms. The highest BCUT2D eigenvalue weighted by Crippen LogP contribution is 2.67. The molecule has 0 aromatic rings. The number of fused-ring (bicyclic) bond motifs is 5. The lowest BCUT2D eigenvalue weighted by Gasteiger charge is -2.61. The van der Waals surface area contributed by atoms with E-state index in [0.29, 0.717) is 19.3 Å². The van der Waals surface area contributed by atoms with Gasteiger partial charge in [-0.15, -0.1) is 0 Å². The zero-order valence-electron chi connectivity index (χ0n) is 16.2. The molecule has 0 radical (unpaired) electrons. The molecular formula is C21H32O6. The maximum atomic E-state index is 13.4. The average molecular weight is 380 g/mol. The Labute approximate surface area is 160 Å². The lowest BCUT2D eigenvalue weighted by Crippen LogP contribution is -2.64. The second kappa shape index (κ2) is 6.09. The fraction of sp³-hybridized carbons (Fsp3) is 0.905. The first-order valence-corrected chi connectivity index (χ1v) is 10.3. The van der Waals surface area contributed by atoms with Gasteiger partial charge >= 0.3 is 0 Å². The van der Waals surface area contributed by atoms with Crippen LogP contribution in [-0.2, 0) is 9.59 Å². The van der Waals surface area contributed by atoms with E-state index in [9.17, 15) is 30.0 Å². The van der Waals surface area contributed by atoms with Crippen molar-refractivity contribution in [3.05, 3.63) is 0 Å². The van der Waals surface area contributed by atoms with Crippen LogP contribution in [0.15, 0.2) is 0 Å². The van der Waals surface area contributed by atoms with Crippen molar-refractivity contribution < 1.29 is 30.0 Å². The van der Waals surface area contributed by atoms with E-state index in [1.807, 2.05) is 13.8 Å². The molecule has 9 atom stereocenters.